The molecule has 1 rings (SSSR count). The summed E-state index contributed by atoms with van der Waals surface area (Å²) in [7, 11) is 0. The number of amides is 2. The lowest BCUT2D eigenvalue weighted by atomic mass is 10.0. The Kier molecular flexibility index (Phi) is 7.39. The highest BCUT2D eigenvalue weighted by molar-refractivity contribution is 5.78. The highest BCUT2D eigenvalue weighted by atomic mass is 16.2. The Balaban J connectivity index is 2.30. The van der Waals surface area contributed by atoms with Gasteiger partial charge in [0.1, 0.15) is 0 Å². The standard InChI is InChI=1S/C15H28N4O2/c1-4-5-17-14(20)11-18-6-8-19(9-7-18)15(21)10-13(16)12(2)3/h4,12-13H,1,5-11,16H2,2-3H3,(H,17,20). The minimum absolute atomic E-state index is 0.00323. The van der Waals surface area contributed by atoms with Gasteiger partial charge in [-0.3, -0.25) is 14.5 Å². The fraction of sp³-hybridized carbons (Fsp3) is 0.733. The summed E-state index contributed by atoms with van der Waals surface area (Å²) in [4.78, 5) is 27.6. The van der Waals surface area contributed by atoms with E-state index in [1.807, 2.05) is 18.7 Å². The Morgan fingerprint density at radius 1 is 1.29 bits per heavy atom. The highest BCUT2D eigenvalue weighted by Crippen LogP contribution is 2.08. The van der Waals surface area contributed by atoms with Crippen molar-refractivity contribution < 1.29 is 9.59 Å². The molecule has 21 heavy (non-hydrogen) atoms. The number of carbonyl (C=O) groups excluding carboxylic acids is 2. The highest BCUT2D eigenvalue weighted by Gasteiger charge is 2.24. The molecule has 1 heterocycles. The predicted octanol–water partition coefficient (Wildman–Crippen LogP) is -0.194. The first-order valence-corrected chi connectivity index (χ1v) is 7.57. The van der Waals surface area contributed by atoms with Gasteiger partial charge >= 0.3 is 0 Å². The van der Waals surface area contributed by atoms with Gasteiger partial charge in [0, 0.05) is 45.2 Å². The third-order valence-electron chi connectivity index (χ3n) is 3.80. The molecule has 6 nitrogen and oxygen atoms in total. The van der Waals surface area contributed by atoms with E-state index in [2.05, 4.69) is 16.8 Å². The second-order valence-electron chi connectivity index (χ2n) is 5.86. The quantitative estimate of drug-likeness (QED) is 0.638. The average Bonchev–Trinajstić information content (AvgIpc) is 2.45. The number of piperazine rings is 1. The molecule has 2 amide bonds. The third kappa shape index (κ3) is 6.27. The fourth-order valence-electron chi connectivity index (χ4n) is 2.17. The summed E-state index contributed by atoms with van der Waals surface area (Å²) in [5, 5.41) is 2.76. The summed E-state index contributed by atoms with van der Waals surface area (Å²) in [5.41, 5.74) is 5.94. The van der Waals surface area contributed by atoms with E-state index in [4.69, 9.17) is 5.73 Å². The number of nitrogens with two attached hydrogens (primary N) is 1. The molecule has 1 atom stereocenters. The Hall–Kier alpha value is -1.40. The van der Waals surface area contributed by atoms with Crippen LogP contribution in [0.25, 0.3) is 0 Å². The van der Waals surface area contributed by atoms with Crippen molar-refractivity contribution in [1.82, 2.24) is 15.1 Å². The molecule has 0 spiro atoms. The second-order valence-corrected chi connectivity index (χ2v) is 5.86. The lowest BCUT2D eigenvalue weighted by molar-refractivity contribution is -0.133. The normalized spacial score (nSPS) is 17.6. The molecule has 1 unspecified atom stereocenters. The van der Waals surface area contributed by atoms with Crippen molar-refractivity contribution in [1.29, 1.82) is 0 Å². The van der Waals surface area contributed by atoms with Crippen molar-refractivity contribution in [2.24, 2.45) is 11.7 Å². The van der Waals surface area contributed by atoms with Crippen molar-refractivity contribution in [3.05, 3.63) is 12.7 Å². The van der Waals surface area contributed by atoms with Crippen LogP contribution in [0.15, 0.2) is 12.7 Å². The van der Waals surface area contributed by atoms with Crippen molar-refractivity contribution in [2.45, 2.75) is 26.3 Å². The molecule has 1 fully saturated rings. The van der Waals surface area contributed by atoms with E-state index in [1.54, 1.807) is 6.08 Å². The predicted molar refractivity (Wildman–Crippen MR) is 83.7 cm³/mol. The Labute approximate surface area is 127 Å². The molecule has 0 aromatic heterocycles. The fourth-order valence-corrected chi connectivity index (χ4v) is 2.17. The van der Waals surface area contributed by atoms with E-state index in [0.29, 0.717) is 38.5 Å². The zero-order valence-corrected chi connectivity index (χ0v) is 13.2. The van der Waals surface area contributed by atoms with E-state index in [0.717, 1.165) is 13.1 Å². The van der Waals surface area contributed by atoms with Gasteiger partial charge in [0.25, 0.3) is 0 Å². The monoisotopic (exact) mass is 296 g/mol. The van der Waals surface area contributed by atoms with Gasteiger partial charge in [0.05, 0.1) is 6.54 Å². The first kappa shape index (κ1) is 17.7. The van der Waals surface area contributed by atoms with Crippen LogP contribution >= 0.6 is 0 Å². The molecular weight excluding hydrogens is 268 g/mol. The van der Waals surface area contributed by atoms with Crippen LogP contribution in [-0.4, -0.2) is 66.9 Å². The Morgan fingerprint density at radius 3 is 2.43 bits per heavy atom. The van der Waals surface area contributed by atoms with Crippen LogP contribution in [0.4, 0.5) is 0 Å². The lowest BCUT2D eigenvalue weighted by Gasteiger charge is -2.35. The maximum atomic E-state index is 12.1. The van der Waals surface area contributed by atoms with Gasteiger partial charge in [-0.1, -0.05) is 19.9 Å². The Morgan fingerprint density at radius 2 is 1.90 bits per heavy atom. The molecule has 3 N–H and O–H groups in total. The van der Waals surface area contributed by atoms with Crippen molar-refractivity contribution in [2.75, 3.05) is 39.3 Å². The van der Waals surface area contributed by atoms with E-state index in [1.165, 1.54) is 0 Å². The zero-order chi connectivity index (χ0) is 15.8. The maximum absolute atomic E-state index is 12.1. The first-order chi connectivity index (χ1) is 9.93. The smallest absolute Gasteiger partial charge is 0.234 e. The summed E-state index contributed by atoms with van der Waals surface area (Å²) < 4.78 is 0. The summed E-state index contributed by atoms with van der Waals surface area (Å²) >= 11 is 0. The summed E-state index contributed by atoms with van der Waals surface area (Å²) in [6.45, 7) is 11.3. The molecule has 0 aliphatic carbocycles. The van der Waals surface area contributed by atoms with Gasteiger partial charge in [-0.2, -0.15) is 0 Å². The van der Waals surface area contributed by atoms with Crippen LogP contribution in [0.1, 0.15) is 20.3 Å². The minimum Gasteiger partial charge on any atom is -0.352 e. The number of rotatable bonds is 7. The molecule has 1 aliphatic heterocycles. The number of nitrogens with zero attached hydrogens (tertiary/aromatic N) is 2. The van der Waals surface area contributed by atoms with Gasteiger partial charge in [0.2, 0.25) is 11.8 Å². The molecule has 0 aromatic carbocycles. The van der Waals surface area contributed by atoms with Gasteiger partial charge in [-0.15, -0.1) is 6.58 Å². The first-order valence-electron chi connectivity index (χ1n) is 7.57. The number of hydrogen-bond donors (Lipinski definition) is 2. The van der Waals surface area contributed by atoms with Crippen LogP contribution in [0.5, 0.6) is 0 Å². The Bertz CT molecular complexity index is 363. The SMILES string of the molecule is C=CCNC(=O)CN1CCN(C(=O)CC(N)C(C)C)CC1. The summed E-state index contributed by atoms with van der Waals surface area (Å²) in [6.07, 6.45) is 2.06. The van der Waals surface area contributed by atoms with E-state index < -0.39 is 0 Å². The number of nitrogens with one attached hydrogen (secondary N) is 1. The van der Waals surface area contributed by atoms with Crippen LogP contribution in [0.2, 0.25) is 0 Å². The van der Waals surface area contributed by atoms with Crippen molar-refractivity contribution >= 4 is 11.8 Å². The van der Waals surface area contributed by atoms with Crippen LogP contribution in [-0.2, 0) is 9.59 Å². The summed E-state index contributed by atoms with van der Waals surface area (Å²) in [6, 6.07) is -0.0831. The van der Waals surface area contributed by atoms with Crippen LogP contribution in [0, 0.1) is 5.92 Å². The summed E-state index contributed by atoms with van der Waals surface area (Å²) in [5.74, 6) is 0.423. The van der Waals surface area contributed by atoms with Crippen LogP contribution < -0.4 is 11.1 Å². The molecule has 120 valence electrons. The molecule has 0 saturated carbocycles. The molecule has 0 aromatic rings. The number of hydrogen-bond acceptors (Lipinski definition) is 4. The third-order valence-corrected chi connectivity index (χ3v) is 3.80. The molecule has 1 saturated heterocycles. The molecule has 6 heteroatoms. The van der Waals surface area contributed by atoms with Crippen LogP contribution in [0.3, 0.4) is 0 Å². The van der Waals surface area contributed by atoms with Gasteiger partial charge in [-0.25, -0.2) is 0 Å². The van der Waals surface area contributed by atoms with Crippen molar-refractivity contribution in [3.8, 4) is 0 Å². The average molecular weight is 296 g/mol. The van der Waals surface area contributed by atoms with Gasteiger partial charge < -0.3 is 16.0 Å². The molecule has 1 aliphatic rings. The number of carbonyl (C=O) groups is 2. The van der Waals surface area contributed by atoms with E-state index in [-0.39, 0.29) is 17.9 Å². The minimum atomic E-state index is -0.0831. The molecular formula is C15H28N4O2. The van der Waals surface area contributed by atoms with Gasteiger partial charge in [-0.05, 0) is 5.92 Å². The van der Waals surface area contributed by atoms with E-state index in [9.17, 15) is 9.59 Å². The molecule has 0 bridgehead atoms. The zero-order valence-electron chi connectivity index (χ0n) is 13.2. The maximum Gasteiger partial charge on any atom is 0.234 e. The topological polar surface area (TPSA) is 78.7 Å². The lowest BCUT2D eigenvalue weighted by Crippen LogP contribution is -2.52. The van der Waals surface area contributed by atoms with E-state index >= 15 is 0 Å². The largest absolute Gasteiger partial charge is 0.352 e. The van der Waals surface area contributed by atoms with Gasteiger partial charge in [0.15, 0.2) is 0 Å². The van der Waals surface area contributed by atoms with Crippen molar-refractivity contribution in [3.63, 3.8) is 0 Å². The molecule has 0 radical (unpaired) electrons. The second kappa shape index (κ2) is 8.79.